The van der Waals surface area contributed by atoms with Crippen molar-refractivity contribution >= 4 is 5.91 Å². The first-order valence-electron chi connectivity index (χ1n) is 10.0. The Hall–Kier alpha value is -2.17. The number of hydrogen-bond acceptors (Lipinski definition) is 3. The van der Waals surface area contributed by atoms with Crippen LogP contribution in [0.1, 0.15) is 39.9 Å². The van der Waals surface area contributed by atoms with Crippen molar-refractivity contribution in [3.63, 3.8) is 0 Å². The van der Waals surface area contributed by atoms with Gasteiger partial charge in [-0.05, 0) is 68.2 Å². The zero-order chi connectivity index (χ0) is 18.6. The van der Waals surface area contributed by atoms with Gasteiger partial charge in [-0.2, -0.15) is 0 Å². The minimum atomic E-state index is 0.0583. The number of hydrogen-bond donors (Lipinski definition) is 1. The Morgan fingerprint density at radius 3 is 2.44 bits per heavy atom. The highest BCUT2D eigenvalue weighted by Gasteiger charge is 2.19. The molecule has 1 fully saturated rings. The summed E-state index contributed by atoms with van der Waals surface area (Å²) in [5, 5.41) is 3.19. The fraction of sp³-hybridized carbons (Fsp3) is 0.435. The Morgan fingerprint density at radius 1 is 1.00 bits per heavy atom. The molecule has 1 amide bonds. The van der Waals surface area contributed by atoms with Crippen molar-refractivity contribution in [2.45, 2.75) is 38.4 Å². The lowest BCUT2D eigenvalue weighted by Gasteiger charge is -2.29. The molecule has 2 aromatic rings. The third-order valence-corrected chi connectivity index (χ3v) is 5.89. The Balaban J connectivity index is 1.32. The summed E-state index contributed by atoms with van der Waals surface area (Å²) in [4.78, 5) is 17.3. The van der Waals surface area contributed by atoms with E-state index in [-0.39, 0.29) is 5.91 Å². The molecule has 27 heavy (non-hydrogen) atoms. The number of fused-ring (bicyclic) bond motifs is 1. The predicted molar refractivity (Wildman–Crippen MR) is 109 cm³/mol. The molecule has 0 spiro atoms. The quantitative estimate of drug-likeness (QED) is 0.907. The van der Waals surface area contributed by atoms with E-state index in [1.54, 1.807) is 0 Å². The van der Waals surface area contributed by atoms with Gasteiger partial charge in [0.05, 0.1) is 0 Å². The van der Waals surface area contributed by atoms with E-state index in [4.69, 9.17) is 0 Å². The number of likely N-dealkylation sites (tertiary alicyclic amines) is 1. The van der Waals surface area contributed by atoms with Crippen LogP contribution in [0.2, 0.25) is 0 Å². The Morgan fingerprint density at radius 2 is 1.70 bits per heavy atom. The smallest absolute Gasteiger partial charge is 0.251 e. The first kappa shape index (κ1) is 18.2. The normalized spacial score (nSPS) is 18.9. The Kier molecular flexibility index (Phi) is 5.55. The van der Waals surface area contributed by atoms with E-state index in [9.17, 15) is 4.79 Å². The predicted octanol–water partition coefficient (Wildman–Crippen LogP) is 3.07. The number of carbonyl (C=O) groups excluding carboxylic acids is 1. The molecule has 0 radical (unpaired) electrons. The minimum Gasteiger partial charge on any atom is -0.349 e. The van der Waals surface area contributed by atoms with Gasteiger partial charge < -0.3 is 10.2 Å². The van der Waals surface area contributed by atoms with Crippen molar-refractivity contribution in [3.05, 3.63) is 70.8 Å². The van der Waals surface area contributed by atoms with Gasteiger partial charge in [0.1, 0.15) is 0 Å². The van der Waals surface area contributed by atoms with Gasteiger partial charge in [-0.1, -0.05) is 36.4 Å². The maximum absolute atomic E-state index is 12.5. The molecule has 1 saturated heterocycles. The van der Waals surface area contributed by atoms with Crippen molar-refractivity contribution < 1.29 is 4.79 Å². The summed E-state index contributed by atoms with van der Waals surface area (Å²) in [6.07, 6.45) is 3.20. The molecular formula is C23H29N3O. The number of benzene rings is 2. The van der Waals surface area contributed by atoms with Crippen LogP contribution in [0.25, 0.3) is 0 Å². The molecule has 0 atom stereocenters. The zero-order valence-corrected chi connectivity index (χ0v) is 16.2. The van der Waals surface area contributed by atoms with Gasteiger partial charge in [-0.25, -0.2) is 0 Å². The molecular weight excluding hydrogens is 334 g/mol. The summed E-state index contributed by atoms with van der Waals surface area (Å²) in [7, 11) is 2.14. The van der Waals surface area contributed by atoms with Crippen LogP contribution in [0.15, 0.2) is 48.5 Å². The number of carbonyl (C=O) groups is 1. The van der Waals surface area contributed by atoms with Gasteiger partial charge in [0.2, 0.25) is 0 Å². The molecule has 142 valence electrons. The van der Waals surface area contributed by atoms with Crippen LogP contribution in [-0.2, 0) is 19.5 Å². The van der Waals surface area contributed by atoms with E-state index >= 15 is 0 Å². The van der Waals surface area contributed by atoms with E-state index in [2.05, 4.69) is 58.6 Å². The summed E-state index contributed by atoms with van der Waals surface area (Å²) in [5.74, 6) is 0.0583. The second-order valence-corrected chi connectivity index (χ2v) is 7.98. The van der Waals surface area contributed by atoms with E-state index < -0.39 is 0 Å². The second-order valence-electron chi connectivity index (χ2n) is 7.98. The maximum atomic E-state index is 12.5. The first-order chi connectivity index (χ1) is 13.2. The van der Waals surface area contributed by atoms with Crippen molar-refractivity contribution in [1.29, 1.82) is 0 Å². The summed E-state index contributed by atoms with van der Waals surface area (Å²) < 4.78 is 0. The van der Waals surface area contributed by atoms with Crippen molar-refractivity contribution in [2.24, 2.45) is 0 Å². The van der Waals surface area contributed by atoms with Crippen molar-refractivity contribution in [2.75, 3.05) is 26.7 Å². The highest BCUT2D eigenvalue weighted by molar-refractivity contribution is 5.94. The van der Waals surface area contributed by atoms with Crippen LogP contribution in [0, 0.1) is 0 Å². The molecule has 1 N–H and O–H groups in total. The van der Waals surface area contributed by atoms with Gasteiger partial charge >= 0.3 is 0 Å². The van der Waals surface area contributed by atoms with E-state index in [1.807, 2.05) is 12.1 Å². The number of nitrogens with one attached hydrogen (secondary N) is 1. The van der Waals surface area contributed by atoms with E-state index in [0.717, 1.165) is 57.5 Å². The molecule has 2 aliphatic heterocycles. The second kappa shape index (κ2) is 8.24. The highest BCUT2D eigenvalue weighted by Crippen LogP contribution is 2.20. The number of nitrogens with zero attached hydrogens (tertiary/aromatic N) is 2. The lowest BCUT2D eigenvalue weighted by molar-refractivity contribution is 0.0917. The van der Waals surface area contributed by atoms with Crippen LogP contribution in [-0.4, -0.2) is 48.4 Å². The summed E-state index contributed by atoms with van der Waals surface area (Å²) in [6.45, 7) is 5.15. The van der Waals surface area contributed by atoms with Gasteiger partial charge in [0, 0.05) is 31.2 Å². The standard InChI is InChI=1S/C23H29N3O/c1-25-13-11-22(12-14-25)24-23(27)20-8-6-18(7-9-20)16-26-15-10-19-4-2-3-5-21(19)17-26/h2-9,22H,10-17H2,1H3,(H,24,27). The molecule has 2 heterocycles. The maximum Gasteiger partial charge on any atom is 0.251 e. The first-order valence-corrected chi connectivity index (χ1v) is 10.0. The molecule has 2 aliphatic rings. The van der Waals surface area contributed by atoms with Crippen LogP contribution in [0.3, 0.4) is 0 Å². The summed E-state index contributed by atoms with van der Waals surface area (Å²) in [6, 6.07) is 17.2. The van der Waals surface area contributed by atoms with Crippen LogP contribution in [0.4, 0.5) is 0 Å². The van der Waals surface area contributed by atoms with Crippen LogP contribution in [0.5, 0.6) is 0 Å². The average Bonchev–Trinajstić information content (AvgIpc) is 2.70. The van der Waals surface area contributed by atoms with Crippen molar-refractivity contribution in [3.8, 4) is 0 Å². The topological polar surface area (TPSA) is 35.6 Å². The molecule has 0 aromatic heterocycles. The summed E-state index contributed by atoms with van der Waals surface area (Å²) >= 11 is 0. The monoisotopic (exact) mass is 363 g/mol. The Bertz CT molecular complexity index is 778. The number of piperidine rings is 1. The molecule has 0 saturated carbocycles. The fourth-order valence-corrected chi connectivity index (χ4v) is 4.13. The molecule has 0 bridgehead atoms. The molecule has 0 aliphatic carbocycles. The lowest BCUT2D eigenvalue weighted by atomic mass is 9.99. The highest BCUT2D eigenvalue weighted by atomic mass is 16.1. The largest absolute Gasteiger partial charge is 0.349 e. The van der Waals surface area contributed by atoms with Crippen molar-refractivity contribution in [1.82, 2.24) is 15.1 Å². The van der Waals surface area contributed by atoms with E-state index in [1.165, 1.54) is 16.7 Å². The Labute approximate surface area is 162 Å². The van der Waals surface area contributed by atoms with Gasteiger partial charge in [0.15, 0.2) is 0 Å². The summed E-state index contributed by atoms with van der Waals surface area (Å²) in [5.41, 5.74) is 4.96. The average molecular weight is 364 g/mol. The number of amides is 1. The molecule has 2 aromatic carbocycles. The van der Waals surface area contributed by atoms with Crippen LogP contribution < -0.4 is 5.32 Å². The molecule has 4 rings (SSSR count). The van der Waals surface area contributed by atoms with Gasteiger partial charge in [-0.15, -0.1) is 0 Å². The molecule has 4 heteroatoms. The fourth-order valence-electron chi connectivity index (χ4n) is 4.13. The molecule has 4 nitrogen and oxygen atoms in total. The van der Waals surface area contributed by atoms with Gasteiger partial charge in [-0.3, -0.25) is 9.69 Å². The number of rotatable bonds is 4. The van der Waals surface area contributed by atoms with Crippen LogP contribution >= 0.6 is 0 Å². The van der Waals surface area contributed by atoms with Gasteiger partial charge in [0.25, 0.3) is 5.91 Å². The third-order valence-electron chi connectivity index (χ3n) is 5.89. The lowest BCUT2D eigenvalue weighted by Crippen LogP contribution is -2.43. The third kappa shape index (κ3) is 4.57. The molecule has 0 unspecified atom stereocenters. The SMILES string of the molecule is CN1CCC(NC(=O)c2ccc(CN3CCc4ccccc4C3)cc2)CC1. The van der Waals surface area contributed by atoms with E-state index in [0.29, 0.717) is 6.04 Å². The minimum absolute atomic E-state index is 0.0583. The zero-order valence-electron chi connectivity index (χ0n) is 16.2.